The Labute approximate surface area is 69.9 Å². The molecule has 1 aromatic heterocycles. The Hall–Kier alpha value is -0.450. The highest BCUT2D eigenvalue weighted by Gasteiger charge is 2.03. The fourth-order valence-corrected chi connectivity index (χ4v) is 1.56. The number of thiazole rings is 1. The summed E-state index contributed by atoms with van der Waals surface area (Å²) in [5, 5.41) is 8.57. The first-order valence-corrected chi connectivity index (χ1v) is 4.44. The summed E-state index contributed by atoms with van der Waals surface area (Å²) in [5.41, 5.74) is 7.49. The first-order chi connectivity index (χ1) is 5.33. The number of hydrogen-bond donors (Lipinski definition) is 2. The van der Waals surface area contributed by atoms with E-state index in [0.717, 1.165) is 6.42 Å². The van der Waals surface area contributed by atoms with Crippen LogP contribution in [0.1, 0.15) is 11.3 Å². The SMILES string of the molecule is NC(CCO)Cc1cncs1. The fraction of sp³-hybridized carbons (Fsp3) is 0.571. The second kappa shape index (κ2) is 4.43. The minimum Gasteiger partial charge on any atom is -0.396 e. The summed E-state index contributed by atoms with van der Waals surface area (Å²) in [6.45, 7) is 0.167. The van der Waals surface area contributed by atoms with Gasteiger partial charge < -0.3 is 10.8 Å². The van der Waals surface area contributed by atoms with Crippen molar-refractivity contribution in [2.24, 2.45) is 5.73 Å². The molecule has 0 aliphatic rings. The molecule has 1 aromatic rings. The molecule has 3 nitrogen and oxygen atoms in total. The lowest BCUT2D eigenvalue weighted by Crippen LogP contribution is -2.23. The van der Waals surface area contributed by atoms with Crippen LogP contribution in [0.5, 0.6) is 0 Å². The van der Waals surface area contributed by atoms with Crippen LogP contribution in [0.2, 0.25) is 0 Å². The predicted molar refractivity (Wildman–Crippen MR) is 45.5 cm³/mol. The molecule has 0 aliphatic heterocycles. The monoisotopic (exact) mass is 172 g/mol. The molecule has 0 saturated heterocycles. The van der Waals surface area contributed by atoms with Crippen LogP contribution in [0.25, 0.3) is 0 Å². The lowest BCUT2D eigenvalue weighted by Gasteiger charge is -2.06. The molecule has 0 aromatic carbocycles. The number of hydrogen-bond acceptors (Lipinski definition) is 4. The minimum atomic E-state index is 0.0699. The summed E-state index contributed by atoms with van der Waals surface area (Å²) in [6.07, 6.45) is 3.31. The first kappa shape index (κ1) is 8.64. The van der Waals surface area contributed by atoms with Crippen molar-refractivity contribution in [3.63, 3.8) is 0 Å². The van der Waals surface area contributed by atoms with E-state index in [9.17, 15) is 0 Å². The van der Waals surface area contributed by atoms with Crippen LogP contribution in [0.4, 0.5) is 0 Å². The third kappa shape index (κ3) is 2.96. The van der Waals surface area contributed by atoms with Crippen molar-refractivity contribution in [2.45, 2.75) is 18.9 Å². The molecule has 62 valence electrons. The standard InChI is InChI=1S/C7H12N2OS/c8-6(1-2-10)3-7-4-9-5-11-7/h4-6,10H,1-3,8H2. The highest BCUT2D eigenvalue weighted by Crippen LogP contribution is 2.08. The van der Waals surface area contributed by atoms with E-state index in [0.29, 0.717) is 6.42 Å². The lowest BCUT2D eigenvalue weighted by atomic mass is 10.1. The Kier molecular flexibility index (Phi) is 3.48. The molecule has 0 amide bonds. The smallest absolute Gasteiger partial charge is 0.0794 e. The molecule has 0 bridgehead atoms. The van der Waals surface area contributed by atoms with Crippen LogP contribution in [0, 0.1) is 0 Å². The molecule has 1 atom stereocenters. The fourth-order valence-electron chi connectivity index (χ4n) is 0.869. The van der Waals surface area contributed by atoms with Crippen LogP contribution in [0.15, 0.2) is 11.7 Å². The minimum absolute atomic E-state index is 0.0699. The van der Waals surface area contributed by atoms with Crippen molar-refractivity contribution in [3.05, 3.63) is 16.6 Å². The van der Waals surface area contributed by atoms with Gasteiger partial charge >= 0.3 is 0 Å². The lowest BCUT2D eigenvalue weighted by molar-refractivity contribution is 0.275. The molecular formula is C7H12N2OS. The Balaban J connectivity index is 2.31. The molecule has 0 radical (unpaired) electrons. The molecule has 1 rings (SSSR count). The van der Waals surface area contributed by atoms with E-state index in [1.54, 1.807) is 16.8 Å². The zero-order valence-electron chi connectivity index (χ0n) is 6.23. The second-order valence-electron chi connectivity index (χ2n) is 2.44. The van der Waals surface area contributed by atoms with E-state index in [2.05, 4.69) is 4.98 Å². The summed E-state index contributed by atoms with van der Waals surface area (Å²) < 4.78 is 0. The summed E-state index contributed by atoms with van der Waals surface area (Å²) in [6, 6.07) is 0.0699. The van der Waals surface area contributed by atoms with Crippen LogP contribution < -0.4 is 5.73 Å². The second-order valence-corrected chi connectivity index (χ2v) is 3.42. The quantitative estimate of drug-likeness (QED) is 0.691. The molecule has 1 heterocycles. The summed E-state index contributed by atoms with van der Waals surface area (Å²) in [5.74, 6) is 0. The van der Waals surface area contributed by atoms with Gasteiger partial charge in [0.15, 0.2) is 0 Å². The van der Waals surface area contributed by atoms with Crippen molar-refractivity contribution in [1.82, 2.24) is 4.98 Å². The third-order valence-electron chi connectivity index (χ3n) is 1.45. The van der Waals surface area contributed by atoms with Gasteiger partial charge in [0.25, 0.3) is 0 Å². The summed E-state index contributed by atoms with van der Waals surface area (Å²) in [7, 11) is 0. The summed E-state index contributed by atoms with van der Waals surface area (Å²) in [4.78, 5) is 5.12. The topological polar surface area (TPSA) is 59.1 Å². The average molecular weight is 172 g/mol. The van der Waals surface area contributed by atoms with Gasteiger partial charge in [-0.3, -0.25) is 4.98 Å². The number of nitrogens with two attached hydrogens (primary N) is 1. The van der Waals surface area contributed by atoms with Gasteiger partial charge in [0.05, 0.1) is 5.51 Å². The van der Waals surface area contributed by atoms with E-state index in [4.69, 9.17) is 10.8 Å². The molecule has 1 unspecified atom stereocenters. The molecule has 0 aliphatic carbocycles. The van der Waals surface area contributed by atoms with Gasteiger partial charge in [0.1, 0.15) is 0 Å². The number of rotatable bonds is 4. The molecule has 0 saturated carbocycles. The van der Waals surface area contributed by atoms with Gasteiger partial charge in [-0.25, -0.2) is 0 Å². The van der Waals surface area contributed by atoms with E-state index in [-0.39, 0.29) is 12.6 Å². The Morgan fingerprint density at radius 3 is 3.09 bits per heavy atom. The summed E-state index contributed by atoms with van der Waals surface area (Å²) >= 11 is 1.60. The number of aliphatic hydroxyl groups excluding tert-OH is 1. The third-order valence-corrected chi connectivity index (χ3v) is 2.25. The van der Waals surface area contributed by atoms with E-state index in [1.165, 1.54) is 4.88 Å². The number of nitrogens with zero attached hydrogens (tertiary/aromatic N) is 1. The van der Waals surface area contributed by atoms with Gasteiger partial charge in [-0.15, -0.1) is 11.3 Å². The molecule has 4 heteroatoms. The van der Waals surface area contributed by atoms with E-state index < -0.39 is 0 Å². The van der Waals surface area contributed by atoms with Gasteiger partial charge in [0, 0.05) is 23.7 Å². The van der Waals surface area contributed by atoms with Crippen molar-refractivity contribution >= 4 is 11.3 Å². The van der Waals surface area contributed by atoms with Crippen LogP contribution in [-0.4, -0.2) is 22.7 Å². The molecular weight excluding hydrogens is 160 g/mol. The van der Waals surface area contributed by atoms with Gasteiger partial charge in [0.2, 0.25) is 0 Å². The maximum atomic E-state index is 8.57. The molecule has 11 heavy (non-hydrogen) atoms. The van der Waals surface area contributed by atoms with Gasteiger partial charge in [-0.1, -0.05) is 0 Å². The highest BCUT2D eigenvalue weighted by atomic mass is 32.1. The highest BCUT2D eigenvalue weighted by molar-refractivity contribution is 7.09. The number of aliphatic hydroxyl groups is 1. The maximum absolute atomic E-state index is 8.57. The zero-order chi connectivity index (χ0) is 8.10. The van der Waals surface area contributed by atoms with Crippen molar-refractivity contribution < 1.29 is 5.11 Å². The van der Waals surface area contributed by atoms with Crippen LogP contribution in [0.3, 0.4) is 0 Å². The van der Waals surface area contributed by atoms with Crippen molar-refractivity contribution in [3.8, 4) is 0 Å². The van der Waals surface area contributed by atoms with E-state index in [1.807, 2.05) is 6.20 Å². The van der Waals surface area contributed by atoms with Crippen molar-refractivity contribution in [2.75, 3.05) is 6.61 Å². The Bertz CT molecular complexity index is 188. The molecule has 3 N–H and O–H groups in total. The normalized spacial score (nSPS) is 13.3. The van der Waals surface area contributed by atoms with Crippen LogP contribution >= 0.6 is 11.3 Å². The first-order valence-electron chi connectivity index (χ1n) is 3.56. The maximum Gasteiger partial charge on any atom is 0.0794 e. The Morgan fingerprint density at radius 2 is 2.55 bits per heavy atom. The predicted octanol–water partition coefficient (Wildman–Crippen LogP) is 0.395. The van der Waals surface area contributed by atoms with Gasteiger partial charge in [-0.05, 0) is 12.8 Å². The van der Waals surface area contributed by atoms with E-state index >= 15 is 0 Å². The number of aromatic nitrogens is 1. The largest absolute Gasteiger partial charge is 0.396 e. The van der Waals surface area contributed by atoms with Crippen LogP contribution in [-0.2, 0) is 6.42 Å². The molecule has 0 spiro atoms. The van der Waals surface area contributed by atoms with Gasteiger partial charge in [-0.2, -0.15) is 0 Å². The zero-order valence-corrected chi connectivity index (χ0v) is 7.05. The Morgan fingerprint density at radius 1 is 1.73 bits per heavy atom. The molecule has 0 fully saturated rings. The average Bonchev–Trinajstić information content (AvgIpc) is 2.40. The van der Waals surface area contributed by atoms with Crippen molar-refractivity contribution in [1.29, 1.82) is 0 Å².